The van der Waals surface area contributed by atoms with E-state index in [-0.39, 0.29) is 5.91 Å². The van der Waals surface area contributed by atoms with Crippen molar-refractivity contribution in [1.82, 2.24) is 20.1 Å². The van der Waals surface area contributed by atoms with Gasteiger partial charge < -0.3 is 9.73 Å². The van der Waals surface area contributed by atoms with Crippen LogP contribution in [0.1, 0.15) is 21.8 Å². The van der Waals surface area contributed by atoms with Gasteiger partial charge in [0.1, 0.15) is 5.76 Å². The van der Waals surface area contributed by atoms with E-state index in [1.807, 2.05) is 64.9 Å². The molecule has 0 aliphatic heterocycles. The van der Waals surface area contributed by atoms with Gasteiger partial charge in [-0.25, -0.2) is 9.67 Å². The molecule has 1 N–H and O–H groups in total. The topological polar surface area (TPSA) is 73.0 Å². The molecular weight excluding hydrogens is 360 g/mol. The Morgan fingerprint density at radius 3 is 2.85 bits per heavy atom. The maximum Gasteiger partial charge on any atom is 0.273 e. The van der Waals surface area contributed by atoms with Gasteiger partial charge in [-0.3, -0.25) is 4.79 Å². The van der Waals surface area contributed by atoms with Gasteiger partial charge in [0.2, 0.25) is 5.89 Å². The first kappa shape index (κ1) is 17.2. The summed E-state index contributed by atoms with van der Waals surface area (Å²) in [6.07, 6.45) is 4.47. The third-order valence-electron chi connectivity index (χ3n) is 4.10. The molecule has 6 nitrogen and oxygen atoms in total. The average Bonchev–Trinajstić information content (AvgIpc) is 3.43. The molecule has 3 heterocycles. The number of aromatic nitrogens is 3. The van der Waals surface area contributed by atoms with Crippen molar-refractivity contribution in [3.8, 4) is 16.5 Å². The number of thiophene rings is 1. The molecule has 0 aliphatic carbocycles. The Morgan fingerprint density at radius 1 is 1.22 bits per heavy atom. The summed E-state index contributed by atoms with van der Waals surface area (Å²) in [6, 6.07) is 13.8. The zero-order chi connectivity index (χ0) is 18.6. The molecule has 1 aromatic carbocycles. The number of benzene rings is 1. The highest BCUT2D eigenvalue weighted by Gasteiger charge is 2.18. The molecule has 136 valence electrons. The lowest BCUT2D eigenvalue weighted by Crippen LogP contribution is -2.26. The summed E-state index contributed by atoms with van der Waals surface area (Å²) in [5.41, 5.74) is 2.39. The number of rotatable bonds is 6. The molecule has 0 aliphatic rings. The van der Waals surface area contributed by atoms with E-state index < -0.39 is 0 Å². The minimum absolute atomic E-state index is 0.227. The molecule has 3 aromatic heterocycles. The Labute approximate surface area is 160 Å². The third kappa shape index (κ3) is 3.83. The average molecular weight is 378 g/mol. The molecule has 4 aromatic rings. The molecule has 0 bridgehead atoms. The number of hydrogen-bond acceptors (Lipinski definition) is 5. The highest BCUT2D eigenvalue weighted by atomic mass is 32.1. The van der Waals surface area contributed by atoms with Crippen LogP contribution in [-0.2, 0) is 6.42 Å². The fourth-order valence-electron chi connectivity index (χ4n) is 2.73. The van der Waals surface area contributed by atoms with Crippen LogP contribution >= 0.6 is 11.3 Å². The Morgan fingerprint density at radius 2 is 2.07 bits per heavy atom. The van der Waals surface area contributed by atoms with E-state index >= 15 is 0 Å². The van der Waals surface area contributed by atoms with Gasteiger partial charge in [-0.15, -0.1) is 11.3 Å². The van der Waals surface area contributed by atoms with E-state index in [2.05, 4.69) is 15.4 Å². The summed E-state index contributed by atoms with van der Waals surface area (Å²) in [4.78, 5) is 17.7. The fraction of sp³-hybridized carbons (Fsp3) is 0.150. The van der Waals surface area contributed by atoms with Crippen LogP contribution in [0.5, 0.6) is 0 Å². The highest BCUT2D eigenvalue weighted by Crippen LogP contribution is 2.25. The minimum Gasteiger partial charge on any atom is -0.440 e. The lowest BCUT2D eigenvalue weighted by atomic mass is 10.2. The quantitative estimate of drug-likeness (QED) is 0.553. The summed E-state index contributed by atoms with van der Waals surface area (Å²) in [7, 11) is 0. The molecule has 7 heteroatoms. The van der Waals surface area contributed by atoms with Gasteiger partial charge in [-0.05, 0) is 42.5 Å². The van der Waals surface area contributed by atoms with Gasteiger partial charge >= 0.3 is 0 Å². The molecule has 27 heavy (non-hydrogen) atoms. The lowest BCUT2D eigenvalue weighted by molar-refractivity contribution is 0.0948. The molecular formula is C20H18N4O2S. The number of nitrogens with one attached hydrogen (secondary N) is 1. The first-order valence-electron chi connectivity index (χ1n) is 8.59. The number of para-hydroxylation sites is 1. The van der Waals surface area contributed by atoms with Crippen LogP contribution < -0.4 is 5.32 Å². The van der Waals surface area contributed by atoms with Crippen molar-refractivity contribution in [3.05, 3.63) is 77.3 Å². The van der Waals surface area contributed by atoms with Crippen LogP contribution in [0.25, 0.3) is 16.5 Å². The summed E-state index contributed by atoms with van der Waals surface area (Å²) < 4.78 is 7.45. The summed E-state index contributed by atoms with van der Waals surface area (Å²) >= 11 is 1.53. The number of amides is 1. The fourth-order valence-corrected chi connectivity index (χ4v) is 3.38. The number of hydrogen-bond donors (Lipinski definition) is 1. The monoisotopic (exact) mass is 378 g/mol. The summed E-state index contributed by atoms with van der Waals surface area (Å²) in [6.45, 7) is 2.25. The van der Waals surface area contributed by atoms with E-state index in [9.17, 15) is 4.79 Å². The molecule has 4 rings (SSSR count). The van der Waals surface area contributed by atoms with Crippen LogP contribution in [0.2, 0.25) is 0 Å². The van der Waals surface area contributed by atoms with E-state index in [1.165, 1.54) is 11.3 Å². The smallest absolute Gasteiger partial charge is 0.273 e. The Balaban J connectivity index is 1.36. The minimum atomic E-state index is -0.227. The highest BCUT2D eigenvalue weighted by molar-refractivity contribution is 7.13. The molecule has 0 fully saturated rings. The van der Waals surface area contributed by atoms with E-state index in [4.69, 9.17) is 4.42 Å². The number of nitrogens with zero attached hydrogens (tertiary/aromatic N) is 3. The zero-order valence-electron chi connectivity index (χ0n) is 14.8. The van der Waals surface area contributed by atoms with Crippen molar-refractivity contribution in [2.24, 2.45) is 0 Å². The largest absolute Gasteiger partial charge is 0.440 e. The lowest BCUT2D eigenvalue weighted by Gasteiger charge is -2.02. The molecule has 0 spiro atoms. The zero-order valence-corrected chi connectivity index (χ0v) is 15.6. The van der Waals surface area contributed by atoms with Crippen molar-refractivity contribution in [2.75, 3.05) is 6.54 Å². The van der Waals surface area contributed by atoms with Gasteiger partial charge in [-0.1, -0.05) is 24.3 Å². The van der Waals surface area contributed by atoms with E-state index in [0.717, 1.165) is 16.1 Å². The van der Waals surface area contributed by atoms with Crippen LogP contribution in [0.3, 0.4) is 0 Å². The standard InChI is InChI=1S/C20H18N4O2S/c1-14-18(23-20(26-14)17-8-5-11-27-17)19(25)21-10-9-15-12-22-24(13-15)16-6-3-2-4-7-16/h2-8,11-13H,9-10H2,1H3,(H,21,25). The summed E-state index contributed by atoms with van der Waals surface area (Å²) in [5, 5.41) is 9.22. The maximum atomic E-state index is 12.4. The van der Waals surface area contributed by atoms with Gasteiger partial charge in [0.15, 0.2) is 5.69 Å². The maximum absolute atomic E-state index is 12.4. The normalized spacial score (nSPS) is 10.9. The van der Waals surface area contributed by atoms with E-state index in [0.29, 0.717) is 30.3 Å². The van der Waals surface area contributed by atoms with Gasteiger partial charge in [0, 0.05) is 12.7 Å². The van der Waals surface area contributed by atoms with Crippen molar-refractivity contribution in [1.29, 1.82) is 0 Å². The molecule has 1 amide bonds. The van der Waals surface area contributed by atoms with Crippen LogP contribution in [0, 0.1) is 6.92 Å². The molecule has 0 atom stereocenters. The Bertz CT molecular complexity index is 1040. The molecule has 0 radical (unpaired) electrons. The van der Waals surface area contributed by atoms with Crippen LogP contribution in [-0.4, -0.2) is 27.2 Å². The van der Waals surface area contributed by atoms with Crippen LogP contribution in [0.15, 0.2) is 64.7 Å². The second-order valence-corrected chi connectivity index (χ2v) is 6.98. The molecule has 0 saturated heterocycles. The van der Waals surface area contributed by atoms with E-state index in [1.54, 1.807) is 6.92 Å². The second kappa shape index (κ2) is 7.59. The predicted octanol–water partition coefficient (Wildman–Crippen LogP) is 3.87. The van der Waals surface area contributed by atoms with Gasteiger partial charge in [-0.2, -0.15) is 5.10 Å². The van der Waals surface area contributed by atoms with Crippen molar-refractivity contribution in [3.63, 3.8) is 0 Å². The van der Waals surface area contributed by atoms with Crippen molar-refractivity contribution >= 4 is 17.2 Å². The number of carbonyl (C=O) groups is 1. The second-order valence-electron chi connectivity index (χ2n) is 6.04. The molecule has 0 unspecified atom stereocenters. The predicted molar refractivity (Wildman–Crippen MR) is 104 cm³/mol. The first-order valence-corrected chi connectivity index (χ1v) is 9.47. The Hall–Kier alpha value is -3.19. The van der Waals surface area contributed by atoms with Crippen molar-refractivity contribution in [2.45, 2.75) is 13.3 Å². The van der Waals surface area contributed by atoms with Crippen LogP contribution in [0.4, 0.5) is 0 Å². The molecule has 0 saturated carbocycles. The van der Waals surface area contributed by atoms with Crippen molar-refractivity contribution < 1.29 is 9.21 Å². The number of oxazole rings is 1. The summed E-state index contributed by atoms with van der Waals surface area (Å²) in [5.74, 6) is 0.777. The van der Waals surface area contributed by atoms with Gasteiger partial charge in [0.05, 0.1) is 16.8 Å². The Kier molecular flexibility index (Phi) is 4.84. The first-order chi connectivity index (χ1) is 13.2. The number of aryl methyl sites for hydroxylation is 1. The van der Waals surface area contributed by atoms with Gasteiger partial charge in [0.25, 0.3) is 5.91 Å². The third-order valence-corrected chi connectivity index (χ3v) is 4.96. The number of carbonyl (C=O) groups excluding carboxylic acids is 1. The SMILES string of the molecule is Cc1oc(-c2cccs2)nc1C(=O)NCCc1cnn(-c2ccccc2)c1.